The van der Waals surface area contributed by atoms with Gasteiger partial charge in [0.2, 0.25) is 5.91 Å². The van der Waals surface area contributed by atoms with Crippen LogP contribution in [0.3, 0.4) is 0 Å². The summed E-state index contributed by atoms with van der Waals surface area (Å²) < 4.78 is 22.6. The zero-order valence-electron chi connectivity index (χ0n) is 9.78. The standard InChI is InChI=1S/C10H19NO3S/c1-10(2,3)9(12)11-6-5-8(7-11)15(4,13)14/h8H,5-7H2,1-4H3/t8-/m0/s1. The Morgan fingerprint density at radius 1 is 1.33 bits per heavy atom. The molecule has 1 aliphatic heterocycles. The molecule has 0 spiro atoms. The van der Waals surface area contributed by atoms with Crippen molar-refractivity contribution in [2.45, 2.75) is 32.4 Å². The molecule has 1 amide bonds. The lowest BCUT2D eigenvalue weighted by Gasteiger charge is -2.25. The van der Waals surface area contributed by atoms with Gasteiger partial charge in [-0.15, -0.1) is 0 Å². The van der Waals surface area contributed by atoms with Crippen molar-refractivity contribution in [3.05, 3.63) is 0 Å². The molecular formula is C10H19NO3S. The van der Waals surface area contributed by atoms with E-state index in [1.807, 2.05) is 20.8 Å². The summed E-state index contributed by atoms with van der Waals surface area (Å²) in [6.07, 6.45) is 1.81. The van der Waals surface area contributed by atoms with Crippen LogP contribution < -0.4 is 0 Å². The lowest BCUT2D eigenvalue weighted by Crippen LogP contribution is -2.39. The monoisotopic (exact) mass is 233 g/mol. The van der Waals surface area contributed by atoms with Gasteiger partial charge in [-0.3, -0.25) is 4.79 Å². The summed E-state index contributed by atoms with van der Waals surface area (Å²) in [6, 6.07) is 0. The van der Waals surface area contributed by atoms with Gasteiger partial charge >= 0.3 is 0 Å². The second kappa shape index (κ2) is 3.77. The van der Waals surface area contributed by atoms with Gasteiger partial charge < -0.3 is 4.90 Å². The predicted molar refractivity (Wildman–Crippen MR) is 59.3 cm³/mol. The van der Waals surface area contributed by atoms with Gasteiger partial charge in [0, 0.05) is 24.8 Å². The average Bonchev–Trinajstić information content (AvgIpc) is 2.47. The number of nitrogens with zero attached hydrogens (tertiary/aromatic N) is 1. The Bertz CT molecular complexity index is 353. The van der Waals surface area contributed by atoms with Crippen LogP contribution in [0.1, 0.15) is 27.2 Å². The van der Waals surface area contributed by atoms with E-state index in [9.17, 15) is 13.2 Å². The molecule has 1 fully saturated rings. The molecule has 4 nitrogen and oxygen atoms in total. The fourth-order valence-corrected chi connectivity index (χ4v) is 2.72. The first-order chi connectivity index (χ1) is 6.62. The molecule has 0 aliphatic carbocycles. The Morgan fingerprint density at radius 2 is 1.87 bits per heavy atom. The lowest BCUT2D eigenvalue weighted by molar-refractivity contribution is -0.138. The quantitative estimate of drug-likeness (QED) is 0.669. The Morgan fingerprint density at radius 3 is 2.20 bits per heavy atom. The molecule has 0 unspecified atom stereocenters. The van der Waals surface area contributed by atoms with E-state index >= 15 is 0 Å². The fraction of sp³-hybridized carbons (Fsp3) is 0.900. The van der Waals surface area contributed by atoms with Crippen LogP contribution in [-0.4, -0.2) is 43.8 Å². The third-order valence-corrected chi connectivity index (χ3v) is 4.28. The van der Waals surface area contributed by atoms with Crippen molar-refractivity contribution in [3.63, 3.8) is 0 Å². The highest BCUT2D eigenvalue weighted by molar-refractivity contribution is 7.91. The molecule has 5 heteroatoms. The number of likely N-dealkylation sites (tertiary alicyclic amines) is 1. The van der Waals surface area contributed by atoms with Crippen LogP contribution in [0.2, 0.25) is 0 Å². The number of amides is 1. The summed E-state index contributed by atoms with van der Waals surface area (Å²) in [5.41, 5.74) is -0.424. The van der Waals surface area contributed by atoms with Crippen LogP contribution >= 0.6 is 0 Å². The Labute approximate surface area is 91.6 Å². The molecule has 1 heterocycles. The van der Waals surface area contributed by atoms with Gasteiger partial charge in [-0.05, 0) is 6.42 Å². The summed E-state index contributed by atoms with van der Waals surface area (Å²) in [7, 11) is -3.01. The summed E-state index contributed by atoms with van der Waals surface area (Å²) in [6.45, 7) is 6.47. The molecule has 88 valence electrons. The van der Waals surface area contributed by atoms with Crippen LogP contribution in [0.15, 0.2) is 0 Å². The van der Waals surface area contributed by atoms with Gasteiger partial charge in [0.1, 0.15) is 0 Å². The minimum atomic E-state index is -3.01. The molecule has 0 bridgehead atoms. The number of hydrogen-bond acceptors (Lipinski definition) is 3. The third-order valence-electron chi connectivity index (χ3n) is 2.68. The SMILES string of the molecule is CC(C)(C)C(=O)N1CC[C@H](S(C)(=O)=O)C1. The molecule has 0 saturated carbocycles. The second-order valence-corrected chi connectivity index (χ2v) is 7.57. The zero-order chi connectivity index (χ0) is 11.9. The largest absolute Gasteiger partial charge is 0.341 e. The molecule has 0 radical (unpaired) electrons. The maximum atomic E-state index is 11.9. The first kappa shape index (κ1) is 12.5. The van der Waals surface area contributed by atoms with Crippen molar-refractivity contribution >= 4 is 15.7 Å². The molecule has 0 aromatic rings. The summed E-state index contributed by atoms with van der Waals surface area (Å²) >= 11 is 0. The van der Waals surface area contributed by atoms with Crippen LogP contribution in [0.5, 0.6) is 0 Å². The Hall–Kier alpha value is -0.580. The minimum Gasteiger partial charge on any atom is -0.341 e. The van der Waals surface area contributed by atoms with E-state index < -0.39 is 15.3 Å². The van der Waals surface area contributed by atoms with Gasteiger partial charge in [0.05, 0.1) is 5.25 Å². The predicted octanol–water partition coefficient (Wildman–Crippen LogP) is 0.678. The second-order valence-electron chi connectivity index (χ2n) is 5.24. The van der Waals surface area contributed by atoms with E-state index in [2.05, 4.69) is 0 Å². The molecule has 0 N–H and O–H groups in total. The number of hydrogen-bond donors (Lipinski definition) is 0. The highest BCUT2D eigenvalue weighted by Crippen LogP contribution is 2.23. The van der Waals surface area contributed by atoms with Gasteiger partial charge in [0.15, 0.2) is 9.84 Å². The molecule has 0 aromatic heterocycles. The van der Waals surface area contributed by atoms with Crippen molar-refractivity contribution in [1.29, 1.82) is 0 Å². The smallest absolute Gasteiger partial charge is 0.227 e. The molecule has 1 saturated heterocycles. The highest BCUT2D eigenvalue weighted by Gasteiger charge is 2.36. The van der Waals surface area contributed by atoms with E-state index in [1.165, 1.54) is 6.26 Å². The minimum absolute atomic E-state index is 0.0358. The number of rotatable bonds is 1. The number of carbonyl (C=O) groups is 1. The number of sulfone groups is 1. The van der Waals surface area contributed by atoms with Crippen LogP contribution in [0.4, 0.5) is 0 Å². The number of carbonyl (C=O) groups excluding carboxylic acids is 1. The first-order valence-electron chi connectivity index (χ1n) is 5.10. The fourth-order valence-electron chi connectivity index (χ4n) is 1.74. The first-order valence-corrected chi connectivity index (χ1v) is 7.06. The van der Waals surface area contributed by atoms with Crippen LogP contribution in [0, 0.1) is 5.41 Å². The van der Waals surface area contributed by atoms with E-state index in [0.29, 0.717) is 19.5 Å². The summed E-state index contributed by atoms with van der Waals surface area (Å²) in [4.78, 5) is 13.5. The lowest BCUT2D eigenvalue weighted by atomic mass is 9.95. The van der Waals surface area contributed by atoms with E-state index in [0.717, 1.165) is 0 Å². The van der Waals surface area contributed by atoms with E-state index in [4.69, 9.17) is 0 Å². The van der Waals surface area contributed by atoms with Crippen molar-refractivity contribution in [1.82, 2.24) is 4.90 Å². The summed E-state index contributed by atoms with van der Waals surface area (Å²) in [5, 5.41) is -0.371. The van der Waals surface area contributed by atoms with Gasteiger partial charge in [-0.1, -0.05) is 20.8 Å². The van der Waals surface area contributed by atoms with E-state index in [1.54, 1.807) is 4.90 Å². The molecule has 1 rings (SSSR count). The normalized spacial score (nSPS) is 23.2. The average molecular weight is 233 g/mol. The van der Waals surface area contributed by atoms with Crippen molar-refractivity contribution in [3.8, 4) is 0 Å². The van der Waals surface area contributed by atoms with Gasteiger partial charge in [0.25, 0.3) is 0 Å². The molecular weight excluding hydrogens is 214 g/mol. The van der Waals surface area contributed by atoms with Crippen molar-refractivity contribution < 1.29 is 13.2 Å². The summed E-state index contributed by atoms with van der Waals surface area (Å²) in [5.74, 6) is 0.0358. The van der Waals surface area contributed by atoms with Crippen LogP contribution in [-0.2, 0) is 14.6 Å². The molecule has 1 atom stereocenters. The van der Waals surface area contributed by atoms with Gasteiger partial charge in [-0.2, -0.15) is 0 Å². The maximum Gasteiger partial charge on any atom is 0.227 e. The van der Waals surface area contributed by atoms with Gasteiger partial charge in [-0.25, -0.2) is 8.42 Å². The maximum absolute atomic E-state index is 11.9. The zero-order valence-corrected chi connectivity index (χ0v) is 10.6. The Kier molecular flexibility index (Phi) is 3.14. The topological polar surface area (TPSA) is 54.5 Å². The van der Waals surface area contributed by atoms with E-state index in [-0.39, 0.29) is 11.2 Å². The van der Waals surface area contributed by atoms with Crippen LogP contribution in [0.25, 0.3) is 0 Å². The highest BCUT2D eigenvalue weighted by atomic mass is 32.2. The molecule has 0 aromatic carbocycles. The molecule has 15 heavy (non-hydrogen) atoms. The molecule has 1 aliphatic rings. The van der Waals surface area contributed by atoms with Crippen molar-refractivity contribution in [2.75, 3.05) is 19.3 Å². The third kappa shape index (κ3) is 2.93. The van der Waals surface area contributed by atoms with Crippen molar-refractivity contribution in [2.24, 2.45) is 5.41 Å². The Balaban J connectivity index is 2.70.